The van der Waals surface area contributed by atoms with Gasteiger partial charge in [0, 0.05) is 30.6 Å². The van der Waals surface area contributed by atoms with E-state index < -0.39 is 10.0 Å². The van der Waals surface area contributed by atoms with E-state index in [1.807, 2.05) is 18.2 Å². The third-order valence-electron chi connectivity index (χ3n) is 4.38. The lowest BCUT2D eigenvalue weighted by Crippen LogP contribution is -2.42. The van der Waals surface area contributed by atoms with Crippen LogP contribution in [0.4, 0.5) is 0 Å². The maximum absolute atomic E-state index is 12.6. The lowest BCUT2D eigenvalue weighted by Gasteiger charge is -2.30. The van der Waals surface area contributed by atoms with Gasteiger partial charge in [0.25, 0.3) is 10.0 Å². The van der Waals surface area contributed by atoms with Gasteiger partial charge in [0.2, 0.25) is 5.91 Å². The maximum Gasteiger partial charge on any atom is 0.252 e. The molecule has 0 spiro atoms. The minimum absolute atomic E-state index is 0.0548. The van der Waals surface area contributed by atoms with Gasteiger partial charge >= 0.3 is 0 Å². The van der Waals surface area contributed by atoms with Gasteiger partial charge < -0.3 is 5.32 Å². The number of benzene rings is 1. The van der Waals surface area contributed by atoms with E-state index >= 15 is 0 Å². The second kappa shape index (κ2) is 8.39. The molecule has 0 bridgehead atoms. The lowest BCUT2D eigenvalue weighted by atomic mass is 9.97. The molecule has 1 fully saturated rings. The molecule has 1 aliphatic rings. The number of piperidine rings is 1. The summed E-state index contributed by atoms with van der Waals surface area (Å²) in [6.45, 7) is 1.07. The largest absolute Gasteiger partial charge is 0.352 e. The number of nitrogens with one attached hydrogen (secondary N) is 1. The van der Waals surface area contributed by atoms with Gasteiger partial charge in [0.15, 0.2) is 0 Å². The number of sulfonamides is 1. The Morgan fingerprint density at radius 1 is 1.23 bits per heavy atom. The van der Waals surface area contributed by atoms with Gasteiger partial charge in [-0.15, -0.1) is 11.3 Å². The zero-order valence-corrected chi connectivity index (χ0v) is 17.8. The van der Waals surface area contributed by atoms with Gasteiger partial charge in [-0.05, 0) is 52.5 Å². The van der Waals surface area contributed by atoms with Crippen LogP contribution in [0.25, 0.3) is 0 Å². The Labute approximate surface area is 170 Å². The number of rotatable bonds is 5. The average Bonchev–Trinajstić information content (AvgIpc) is 3.08. The summed E-state index contributed by atoms with van der Waals surface area (Å²) in [7, 11) is -3.48. The van der Waals surface area contributed by atoms with Gasteiger partial charge in [0.05, 0.1) is 3.79 Å². The lowest BCUT2D eigenvalue weighted by molar-refractivity contribution is -0.126. The van der Waals surface area contributed by atoms with Gasteiger partial charge in [-0.2, -0.15) is 4.31 Å². The fourth-order valence-corrected chi connectivity index (χ4v) is 6.73. The number of amides is 1. The standard InChI is InChI=1S/C17H18BrClN2O3S2/c18-15-5-6-16(25-15)26(23,24)21-9-7-12(8-10-21)17(22)20-11-13-3-1-2-4-14(13)19/h1-6,12H,7-11H2,(H,20,22). The molecule has 1 saturated heterocycles. The summed E-state index contributed by atoms with van der Waals surface area (Å²) in [5, 5.41) is 3.52. The normalized spacial score (nSPS) is 16.5. The smallest absolute Gasteiger partial charge is 0.252 e. The van der Waals surface area contributed by atoms with Crippen molar-refractivity contribution in [2.24, 2.45) is 5.92 Å². The molecule has 0 saturated carbocycles. The summed E-state index contributed by atoms with van der Waals surface area (Å²) in [5.74, 6) is -0.236. The van der Waals surface area contributed by atoms with Crippen LogP contribution in [0.3, 0.4) is 0 Å². The van der Waals surface area contributed by atoms with Crippen LogP contribution in [0.1, 0.15) is 18.4 Å². The van der Waals surface area contributed by atoms with E-state index in [1.165, 1.54) is 15.6 Å². The summed E-state index contributed by atoms with van der Waals surface area (Å²) in [4.78, 5) is 12.4. The third-order valence-corrected chi connectivity index (χ3v) is 8.74. The van der Waals surface area contributed by atoms with E-state index in [0.717, 1.165) is 9.35 Å². The highest BCUT2D eigenvalue weighted by Gasteiger charge is 2.32. The van der Waals surface area contributed by atoms with Crippen molar-refractivity contribution in [3.8, 4) is 0 Å². The van der Waals surface area contributed by atoms with Crippen LogP contribution >= 0.6 is 38.9 Å². The van der Waals surface area contributed by atoms with Crippen molar-refractivity contribution in [2.75, 3.05) is 13.1 Å². The number of nitrogens with zero attached hydrogens (tertiary/aromatic N) is 1. The van der Waals surface area contributed by atoms with Gasteiger partial charge in [-0.3, -0.25) is 4.79 Å². The Balaban J connectivity index is 1.55. The van der Waals surface area contributed by atoms with E-state index in [0.29, 0.717) is 41.7 Å². The van der Waals surface area contributed by atoms with Crippen molar-refractivity contribution >= 4 is 54.8 Å². The van der Waals surface area contributed by atoms with Gasteiger partial charge in [-0.1, -0.05) is 29.8 Å². The molecule has 1 aromatic carbocycles. The predicted octanol–water partition coefficient (Wildman–Crippen LogP) is 3.88. The zero-order valence-electron chi connectivity index (χ0n) is 13.8. The van der Waals surface area contributed by atoms with Crippen molar-refractivity contribution < 1.29 is 13.2 Å². The summed E-state index contributed by atoms with van der Waals surface area (Å²) in [6, 6.07) is 10.7. The number of hydrogen-bond donors (Lipinski definition) is 1. The molecule has 1 aromatic heterocycles. The Morgan fingerprint density at radius 2 is 1.92 bits per heavy atom. The van der Waals surface area contributed by atoms with E-state index in [9.17, 15) is 13.2 Å². The maximum atomic E-state index is 12.6. The number of halogens is 2. The van der Waals surface area contributed by atoms with Crippen molar-refractivity contribution in [2.45, 2.75) is 23.6 Å². The van der Waals surface area contributed by atoms with Crippen LogP contribution in [-0.2, 0) is 21.4 Å². The molecule has 0 radical (unpaired) electrons. The summed E-state index contributed by atoms with van der Waals surface area (Å²) in [5.41, 5.74) is 0.866. The first kappa shape index (κ1) is 19.8. The molecule has 1 N–H and O–H groups in total. The van der Waals surface area contributed by atoms with Crippen LogP contribution in [0.2, 0.25) is 5.02 Å². The van der Waals surface area contributed by atoms with E-state index in [2.05, 4.69) is 21.2 Å². The van der Waals surface area contributed by atoms with Crippen LogP contribution in [0.5, 0.6) is 0 Å². The molecule has 2 aromatic rings. The fraction of sp³-hybridized carbons (Fsp3) is 0.353. The van der Waals surface area contributed by atoms with Crippen LogP contribution in [0, 0.1) is 5.92 Å². The van der Waals surface area contributed by atoms with Crippen molar-refractivity contribution in [3.05, 3.63) is 50.8 Å². The molecule has 26 heavy (non-hydrogen) atoms. The molecule has 1 amide bonds. The van der Waals surface area contributed by atoms with Gasteiger partial charge in [0.1, 0.15) is 4.21 Å². The first-order valence-electron chi connectivity index (χ1n) is 8.14. The number of hydrogen-bond acceptors (Lipinski definition) is 4. The zero-order chi connectivity index (χ0) is 18.7. The molecule has 1 aliphatic heterocycles. The monoisotopic (exact) mass is 476 g/mol. The average molecular weight is 478 g/mol. The van der Waals surface area contributed by atoms with Crippen molar-refractivity contribution in [1.82, 2.24) is 9.62 Å². The molecule has 9 heteroatoms. The SMILES string of the molecule is O=C(NCc1ccccc1Cl)C1CCN(S(=O)(=O)c2ccc(Br)s2)CC1. The summed E-state index contributed by atoms with van der Waals surface area (Å²) in [6.07, 6.45) is 1.03. The number of carbonyl (C=O) groups is 1. The topological polar surface area (TPSA) is 66.5 Å². The van der Waals surface area contributed by atoms with Crippen LogP contribution in [0.15, 0.2) is 44.4 Å². The molecule has 2 heterocycles. The summed E-state index contributed by atoms with van der Waals surface area (Å²) >= 11 is 10.6. The molecule has 0 atom stereocenters. The Kier molecular flexibility index (Phi) is 6.40. The minimum atomic E-state index is -3.48. The van der Waals surface area contributed by atoms with Crippen molar-refractivity contribution in [1.29, 1.82) is 0 Å². The highest BCUT2D eigenvalue weighted by Crippen LogP contribution is 2.30. The van der Waals surface area contributed by atoms with Crippen LogP contribution in [-0.4, -0.2) is 31.7 Å². The second-order valence-electron chi connectivity index (χ2n) is 6.05. The van der Waals surface area contributed by atoms with E-state index in [-0.39, 0.29) is 11.8 Å². The minimum Gasteiger partial charge on any atom is -0.352 e. The highest BCUT2D eigenvalue weighted by molar-refractivity contribution is 9.11. The van der Waals surface area contributed by atoms with Crippen LogP contribution < -0.4 is 5.32 Å². The number of carbonyl (C=O) groups excluding carboxylic acids is 1. The molecule has 3 rings (SSSR count). The molecule has 0 unspecified atom stereocenters. The van der Waals surface area contributed by atoms with E-state index in [1.54, 1.807) is 18.2 Å². The van der Waals surface area contributed by atoms with Crippen molar-refractivity contribution in [3.63, 3.8) is 0 Å². The quantitative estimate of drug-likeness (QED) is 0.711. The van der Waals surface area contributed by atoms with Gasteiger partial charge in [-0.25, -0.2) is 8.42 Å². The Hall–Kier alpha value is -0.930. The Bertz CT molecular complexity index is 893. The predicted molar refractivity (Wildman–Crippen MR) is 107 cm³/mol. The van der Waals surface area contributed by atoms with E-state index in [4.69, 9.17) is 11.6 Å². The molecular weight excluding hydrogens is 460 g/mol. The molecule has 140 valence electrons. The Morgan fingerprint density at radius 3 is 2.54 bits per heavy atom. The first-order valence-corrected chi connectivity index (χ1v) is 11.6. The first-order chi connectivity index (χ1) is 12.4. The fourth-order valence-electron chi connectivity index (χ4n) is 2.89. The summed E-state index contributed by atoms with van der Waals surface area (Å²) < 4.78 is 27.8. The highest BCUT2D eigenvalue weighted by atomic mass is 79.9. The molecule has 5 nitrogen and oxygen atoms in total. The molecular formula is C17H18BrClN2O3S2. The number of thiophene rings is 1. The third kappa shape index (κ3) is 4.48. The second-order valence-corrected chi connectivity index (χ2v) is 11.1. The molecule has 0 aliphatic carbocycles.